The van der Waals surface area contributed by atoms with E-state index in [0.717, 1.165) is 4.47 Å². The van der Waals surface area contributed by atoms with E-state index < -0.39 is 17.8 Å². The lowest BCUT2D eigenvalue weighted by atomic mass is 10.1. The average molecular weight is 502 g/mol. The first-order valence-electron chi connectivity index (χ1n) is 8.98. The number of hydrogen-bond acceptors (Lipinski definition) is 5. The number of hydrogen-bond donors (Lipinski definition) is 1. The molecule has 156 valence electrons. The molecule has 1 aromatic heterocycles. The molecule has 2 amide bonds. The van der Waals surface area contributed by atoms with Crippen molar-refractivity contribution in [2.45, 2.75) is 0 Å². The van der Waals surface area contributed by atoms with Gasteiger partial charge in [0.1, 0.15) is 17.1 Å². The Morgan fingerprint density at radius 2 is 1.97 bits per heavy atom. The van der Waals surface area contributed by atoms with E-state index in [1.54, 1.807) is 48.5 Å². The summed E-state index contributed by atoms with van der Waals surface area (Å²) in [5.41, 5.74) is 3.79. The SMILES string of the molecule is COC(=O)c1cc(-c2ccc(/C=C3/C(=O)NN(c4cccc(Br)c4)C3=O)o2)ccc1Cl. The van der Waals surface area contributed by atoms with Gasteiger partial charge in [0.25, 0.3) is 11.8 Å². The molecule has 1 fully saturated rings. The fourth-order valence-corrected chi connectivity index (χ4v) is 3.61. The number of benzene rings is 2. The number of carbonyl (C=O) groups is 3. The van der Waals surface area contributed by atoms with Crippen LogP contribution in [0.25, 0.3) is 17.4 Å². The molecule has 4 rings (SSSR count). The molecule has 0 atom stereocenters. The Hall–Kier alpha value is -3.36. The number of ether oxygens (including phenoxy) is 1. The van der Waals surface area contributed by atoms with Crippen LogP contribution in [0.5, 0.6) is 0 Å². The van der Waals surface area contributed by atoms with Crippen molar-refractivity contribution in [1.29, 1.82) is 0 Å². The molecule has 31 heavy (non-hydrogen) atoms. The average Bonchev–Trinajstić information content (AvgIpc) is 3.34. The van der Waals surface area contributed by atoms with Crippen molar-refractivity contribution < 1.29 is 23.5 Å². The number of esters is 1. The van der Waals surface area contributed by atoms with Crippen LogP contribution in [-0.4, -0.2) is 24.9 Å². The monoisotopic (exact) mass is 500 g/mol. The molecule has 1 saturated heterocycles. The number of carbonyl (C=O) groups excluding carboxylic acids is 3. The summed E-state index contributed by atoms with van der Waals surface area (Å²) >= 11 is 9.40. The second-order valence-corrected chi connectivity index (χ2v) is 7.83. The van der Waals surface area contributed by atoms with Crippen LogP contribution in [-0.2, 0) is 14.3 Å². The summed E-state index contributed by atoms with van der Waals surface area (Å²) in [5.74, 6) is -0.868. The Balaban J connectivity index is 1.62. The molecule has 9 heteroatoms. The van der Waals surface area contributed by atoms with Crippen molar-refractivity contribution in [1.82, 2.24) is 5.43 Å². The van der Waals surface area contributed by atoms with Gasteiger partial charge in [0.2, 0.25) is 0 Å². The maximum Gasteiger partial charge on any atom is 0.339 e. The summed E-state index contributed by atoms with van der Waals surface area (Å²) in [4.78, 5) is 37.0. The van der Waals surface area contributed by atoms with Crippen LogP contribution >= 0.6 is 27.5 Å². The summed E-state index contributed by atoms with van der Waals surface area (Å²) in [5, 5.41) is 1.43. The largest absolute Gasteiger partial charge is 0.465 e. The molecule has 0 radical (unpaired) electrons. The molecule has 0 bridgehead atoms. The lowest BCUT2D eigenvalue weighted by Crippen LogP contribution is -2.35. The zero-order valence-electron chi connectivity index (χ0n) is 16.0. The van der Waals surface area contributed by atoms with E-state index in [4.69, 9.17) is 20.8 Å². The Kier molecular flexibility index (Phi) is 5.67. The van der Waals surface area contributed by atoms with Crippen molar-refractivity contribution in [3.05, 3.63) is 81.0 Å². The third kappa shape index (κ3) is 4.12. The van der Waals surface area contributed by atoms with E-state index in [1.165, 1.54) is 18.2 Å². The van der Waals surface area contributed by atoms with Gasteiger partial charge in [0.05, 0.1) is 23.4 Å². The molecule has 7 nitrogen and oxygen atoms in total. The van der Waals surface area contributed by atoms with Gasteiger partial charge in [-0.05, 0) is 54.6 Å². The summed E-state index contributed by atoms with van der Waals surface area (Å²) < 4.78 is 11.3. The fourth-order valence-electron chi connectivity index (χ4n) is 3.03. The number of amides is 2. The van der Waals surface area contributed by atoms with E-state index in [1.807, 2.05) is 6.07 Å². The highest BCUT2D eigenvalue weighted by Crippen LogP contribution is 2.29. The van der Waals surface area contributed by atoms with Gasteiger partial charge in [0.15, 0.2) is 0 Å². The molecule has 3 aromatic rings. The van der Waals surface area contributed by atoms with Crippen molar-refractivity contribution in [3.8, 4) is 11.3 Å². The van der Waals surface area contributed by atoms with Crippen molar-refractivity contribution >= 4 is 57.1 Å². The zero-order chi connectivity index (χ0) is 22.1. The highest BCUT2D eigenvalue weighted by molar-refractivity contribution is 9.10. The molecule has 1 aliphatic heterocycles. The predicted molar refractivity (Wildman–Crippen MR) is 118 cm³/mol. The molecule has 1 N–H and O–H groups in total. The Morgan fingerprint density at radius 3 is 2.71 bits per heavy atom. The van der Waals surface area contributed by atoms with E-state index in [9.17, 15) is 14.4 Å². The van der Waals surface area contributed by atoms with Crippen molar-refractivity contribution in [2.75, 3.05) is 12.1 Å². The maximum absolute atomic E-state index is 12.8. The number of halogens is 2. The quantitative estimate of drug-likeness (QED) is 0.320. The number of anilines is 1. The highest BCUT2D eigenvalue weighted by Gasteiger charge is 2.34. The van der Waals surface area contributed by atoms with Gasteiger partial charge < -0.3 is 9.15 Å². The van der Waals surface area contributed by atoms with E-state index in [-0.39, 0.29) is 16.2 Å². The maximum atomic E-state index is 12.8. The van der Waals surface area contributed by atoms with E-state index >= 15 is 0 Å². The van der Waals surface area contributed by atoms with Crippen molar-refractivity contribution in [2.24, 2.45) is 0 Å². The highest BCUT2D eigenvalue weighted by atomic mass is 79.9. The van der Waals surface area contributed by atoms with Crippen LogP contribution in [0.1, 0.15) is 16.1 Å². The topological polar surface area (TPSA) is 88.9 Å². The smallest absolute Gasteiger partial charge is 0.339 e. The van der Waals surface area contributed by atoms with E-state index in [2.05, 4.69) is 21.4 Å². The van der Waals surface area contributed by atoms with Gasteiger partial charge >= 0.3 is 5.97 Å². The number of rotatable bonds is 4. The Morgan fingerprint density at radius 1 is 1.16 bits per heavy atom. The van der Waals surface area contributed by atoms with Gasteiger partial charge in [-0.1, -0.05) is 33.6 Å². The minimum absolute atomic E-state index is 0.0627. The van der Waals surface area contributed by atoms with Gasteiger partial charge in [-0.15, -0.1) is 0 Å². The van der Waals surface area contributed by atoms with Gasteiger partial charge in [0, 0.05) is 10.0 Å². The molecule has 2 aromatic carbocycles. The first-order valence-corrected chi connectivity index (χ1v) is 10.2. The summed E-state index contributed by atoms with van der Waals surface area (Å²) in [7, 11) is 1.27. The standard InChI is InChI=1S/C22H14BrClN2O5/c1-30-22(29)16-9-12(5-7-18(16)24)19-8-6-15(31-19)11-17-20(27)25-26(21(17)28)14-4-2-3-13(23)10-14/h2-11H,1H3,(H,25,27)/b17-11-. The molecular formula is C22H14BrClN2O5. The number of furan rings is 1. The van der Waals surface area contributed by atoms with Crippen molar-refractivity contribution in [3.63, 3.8) is 0 Å². The van der Waals surface area contributed by atoms with Crippen LogP contribution in [0, 0.1) is 0 Å². The Bertz CT molecular complexity index is 1250. The molecule has 2 heterocycles. The van der Waals surface area contributed by atoms with Crippen LogP contribution in [0.3, 0.4) is 0 Å². The van der Waals surface area contributed by atoms with Crippen LogP contribution in [0.15, 0.2) is 69.1 Å². The minimum Gasteiger partial charge on any atom is -0.465 e. The number of hydrazine groups is 1. The van der Waals surface area contributed by atoms with Crippen LogP contribution < -0.4 is 10.4 Å². The minimum atomic E-state index is -0.568. The number of methoxy groups -OCH3 is 1. The molecule has 0 unspecified atom stereocenters. The third-order valence-electron chi connectivity index (χ3n) is 4.53. The first-order chi connectivity index (χ1) is 14.9. The molecule has 0 saturated carbocycles. The molecule has 1 aliphatic rings. The van der Waals surface area contributed by atoms with Crippen LogP contribution in [0.2, 0.25) is 5.02 Å². The predicted octanol–water partition coefficient (Wildman–Crippen LogP) is 4.61. The summed E-state index contributed by atoms with van der Waals surface area (Å²) in [6.07, 6.45) is 1.37. The molecule has 0 aliphatic carbocycles. The third-order valence-corrected chi connectivity index (χ3v) is 5.35. The zero-order valence-corrected chi connectivity index (χ0v) is 18.4. The molecular weight excluding hydrogens is 488 g/mol. The summed E-state index contributed by atoms with van der Waals surface area (Å²) in [6, 6.07) is 15.1. The Labute approximate surface area is 190 Å². The summed E-state index contributed by atoms with van der Waals surface area (Å²) in [6.45, 7) is 0. The van der Waals surface area contributed by atoms with Gasteiger partial charge in [-0.25, -0.2) is 9.80 Å². The normalized spacial score (nSPS) is 14.8. The second kappa shape index (κ2) is 8.41. The number of nitrogens with zero attached hydrogens (tertiary/aromatic N) is 1. The lowest BCUT2D eigenvalue weighted by Gasteiger charge is -2.14. The first kappa shape index (κ1) is 20.9. The van der Waals surface area contributed by atoms with E-state index in [0.29, 0.717) is 22.8 Å². The van der Waals surface area contributed by atoms with Crippen LogP contribution in [0.4, 0.5) is 5.69 Å². The molecule has 0 spiro atoms. The van der Waals surface area contributed by atoms with Gasteiger partial charge in [-0.3, -0.25) is 15.0 Å². The fraction of sp³-hybridized carbons (Fsp3) is 0.0455. The van der Waals surface area contributed by atoms with Gasteiger partial charge in [-0.2, -0.15) is 0 Å². The lowest BCUT2D eigenvalue weighted by molar-refractivity contribution is -0.117. The number of nitrogens with one attached hydrogen (secondary N) is 1. The second-order valence-electron chi connectivity index (χ2n) is 6.51.